The predicted molar refractivity (Wildman–Crippen MR) is 75.3 cm³/mol. The number of hydrogen-bond acceptors (Lipinski definition) is 3. The molecule has 0 bridgehead atoms. The van der Waals surface area contributed by atoms with Crippen LogP contribution in [-0.2, 0) is 10.3 Å². The Morgan fingerprint density at radius 3 is 2.50 bits per heavy atom. The third kappa shape index (κ3) is 3.00. The van der Waals surface area contributed by atoms with Gasteiger partial charge in [-0.15, -0.1) is 0 Å². The molecule has 1 atom stereocenters. The maximum Gasteiger partial charge on any atom is 0.270 e. The number of nitrogens with two attached hydrogens (primary N) is 1. The topological polar surface area (TPSA) is 90.0 Å². The van der Waals surface area contributed by atoms with Gasteiger partial charge in [0.1, 0.15) is 11.7 Å². The molecular formula is C14H22N4O2. The van der Waals surface area contributed by atoms with E-state index >= 15 is 0 Å². The molecule has 1 saturated carbocycles. The van der Waals surface area contributed by atoms with Gasteiger partial charge in [-0.25, -0.2) is 0 Å². The number of aromatic nitrogens is 2. The quantitative estimate of drug-likeness (QED) is 0.864. The Kier molecular flexibility index (Phi) is 3.58. The van der Waals surface area contributed by atoms with E-state index in [1.807, 2.05) is 26.8 Å². The van der Waals surface area contributed by atoms with E-state index in [4.69, 9.17) is 5.73 Å². The largest absolute Gasteiger partial charge is 0.368 e. The van der Waals surface area contributed by atoms with Crippen molar-refractivity contribution in [2.45, 2.75) is 58.0 Å². The molecule has 2 amide bonds. The first-order chi connectivity index (χ1) is 9.20. The van der Waals surface area contributed by atoms with E-state index in [9.17, 15) is 9.59 Å². The van der Waals surface area contributed by atoms with Gasteiger partial charge < -0.3 is 11.1 Å². The van der Waals surface area contributed by atoms with Crippen LogP contribution in [0.4, 0.5) is 0 Å². The lowest BCUT2D eigenvalue weighted by Crippen LogP contribution is -2.43. The maximum absolute atomic E-state index is 12.3. The molecule has 3 N–H and O–H groups in total. The molecule has 6 heteroatoms. The lowest BCUT2D eigenvalue weighted by atomic mass is 10.1. The molecule has 1 fully saturated rings. The zero-order valence-electron chi connectivity index (χ0n) is 12.4. The molecule has 1 aliphatic carbocycles. The molecule has 1 aromatic heterocycles. The molecule has 1 heterocycles. The Morgan fingerprint density at radius 2 is 2.05 bits per heavy atom. The standard InChI is InChI=1S/C14H22N4O2/c1-8(12(15)19)16-13(20)11-7-10(9-5-6-9)17-18(11)14(2,3)4/h7-9H,5-6H2,1-4H3,(H2,15,19)(H,16,20)/t8-/m1/s1. The number of carbonyl (C=O) groups is 2. The summed E-state index contributed by atoms with van der Waals surface area (Å²) in [7, 11) is 0. The number of nitrogens with one attached hydrogen (secondary N) is 1. The molecule has 0 radical (unpaired) electrons. The summed E-state index contributed by atoms with van der Waals surface area (Å²) in [6.07, 6.45) is 2.25. The summed E-state index contributed by atoms with van der Waals surface area (Å²) in [5.74, 6) is -0.396. The van der Waals surface area contributed by atoms with Gasteiger partial charge in [-0.2, -0.15) is 5.10 Å². The predicted octanol–water partition coefficient (Wildman–Crippen LogP) is 1.12. The molecular weight excluding hydrogens is 256 g/mol. The number of rotatable bonds is 4. The summed E-state index contributed by atoms with van der Waals surface area (Å²) in [6, 6.07) is 1.13. The van der Waals surface area contributed by atoms with Crippen molar-refractivity contribution in [1.29, 1.82) is 0 Å². The summed E-state index contributed by atoms with van der Waals surface area (Å²) in [4.78, 5) is 23.4. The van der Waals surface area contributed by atoms with Gasteiger partial charge in [0.25, 0.3) is 5.91 Å². The lowest BCUT2D eigenvalue weighted by molar-refractivity contribution is -0.119. The molecule has 0 spiro atoms. The van der Waals surface area contributed by atoms with Crippen molar-refractivity contribution < 1.29 is 9.59 Å². The highest BCUT2D eigenvalue weighted by Crippen LogP contribution is 2.40. The Morgan fingerprint density at radius 1 is 1.45 bits per heavy atom. The van der Waals surface area contributed by atoms with Gasteiger partial charge in [0.15, 0.2) is 0 Å². The highest BCUT2D eigenvalue weighted by Gasteiger charge is 2.31. The monoisotopic (exact) mass is 278 g/mol. The van der Waals surface area contributed by atoms with Gasteiger partial charge in [-0.05, 0) is 46.6 Å². The molecule has 0 unspecified atom stereocenters. The van der Waals surface area contributed by atoms with Crippen molar-refractivity contribution in [2.75, 3.05) is 0 Å². The Labute approximate surface area is 118 Å². The Bertz CT molecular complexity index is 538. The van der Waals surface area contributed by atoms with E-state index in [2.05, 4.69) is 10.4 Å². The van der Waals surface area contributed by atoms with Gasteiger partial charge in [-0.3, -0.25) is 14.3 Å². The highest BCUT2D eigenvalue weighted by molar-refractivity contribution is 5.96. The molecule has 1 aromatic rings. The van der Waals surface area contributed by atoms with E-state index in [1.165, 1.54) is 0 Å². The second-order valence-electron chi connectivity index (χ2n) is 6.41. The van der Waals surface area contributed by atoms with Gasteiger partial charge >= 0.3 is 0 Å². The number of carbonyl (C=O) groups excluding carboxylic acids is 2. The molecule has 0 saturated heterocycles. The van der Waals surface area contributed by atoms with Crippen LogP contribution in [0.25, 0.3) is 0 Å². The minimum atomic E-state index is -0.699. The third-order valence-corrected chi connectivity index (χ3v) is 3.37. The van der Waals surface area contributed by atoms with E-state index in [0.29, 0.717) is 11.6 Å². The van der Waals surface area contributed by atoms with Crippen molar-refractivity contribution >= 4 is 11.8 Å². The average Bonchev–Trinajstić information content (AvgIpc) is 3.06. The molecule has 0 aromatic carbocycles. The van der Waals surface area contributed by atoms with Crippen LogP contribution in [0.3, 0.4) is 0 Å². The van der Waals surface area contributed by atoms with Crippen molar-refractivity contribution in [3.63, 3.8) is 0 Å². The molecule has 2 rings (SSSR count). The molecule has 110 valence electrons. The first-order valence-corrected chi connectivity index (χ1v) is 6.90. The zero-order chi connectivity index (χ0) is 15.1. The van der Waals surface area contributed by atoms with Gasteiger partial charge in [0, 0.05) is 5.92 Å². The van der Waals surface area contributed by atoms with Crippen LogP contribution >= 0.6 is 0 Å². The second-order valence-corrected chi connectivity index (χ2v) is 6.41. The number of amides is 2. The number of nitrogens with zero attached hydrogens (tertiary/aromatic N) is 2. The van der Waals surface area contributed by atoms with E-state index in [1.54, 1.807) is 11.6 Å². The van der Waals surface area contributed by atoms with Gasteiger partial charge in [0.05, 0.1) is 11.2 Å². The fraction of sp³-hybridized carbons (Fsp3) is 0.643. The summed E-state index contributed by atoms with van der Waals surface area (Å²) < 4.78 is 1.73. The van der Waals surface area contributed by atoms with Crippen molar-refractivity contribution in [2.24, 2.45) is 5.73 Å². The average molecular weight is 278 g/mol. The van der Waals surface area contributed by atoms with Crippen LogP contribution in [0.5, 0.6) is 0 Å². The van der Waals surface area contributed by atoms with Crippen LogP contribution in [-0.4, -0.2) is 27.6 Å². The van der Waals surface area contributed by atoms with Crippen molar-refractivity contribution in [3.8, 4) is 0 Å². The Balaban J connectivity index is 2.29. The van der Waals surface area contributed by atoms with Crippen LogP contribution < -0.4 is 11.1 Å². The van der Waals surface area contributed by atoms with Crippen molar-refractivity contribution in [1.82, 2.24) is 15.1 Å². The number of hydrogen-bond donors (Lipinski definition) is 2. The normalized spacial score (nSPS) is 16.8. The van der Waals surface area contributed by atoms with E-state index in [0.717, 1.165) is 18.5 Å². The summed E-state index contributed by atoms with van der Waals surface area (Å²) in [5, 5.41) is 7.16. The Hall–Kier alpha value is -1.85. The van der Waals surface area contributed by atoms with E-state index < -0.39 is 11.9 Å². The summed E-state index contributed by atoms with van der Waals surface area (Å²) >= 11 is 0. The fourth-order valence-electron chi connectivity index (χ4n) is 1.99. The molecule has 6 nitrogen and oxygen atoms in total. The SMILES string of the molecule is C[C@@H](NC(=O)c1cc(C2CC2)nn1C(C)(C)C)C(N)=O. The fourth-order valence-corrected chi connectivity index (χ4v) is 1.99. The van der Waals surface area contributed by atoms with Crippen molar-refractivity contribution in [3.05, 3.63) is 17.5 Å². The smallest absolute Gasteiger partial charge is 0.270 e. The van der Waals surface area contributed by atoms with Crippen LogP contribution in [0, 0.1) is 0 Å². The highest BCUT2D eigenvalue weighted by atomic mass is 16.2. The number of primary amides is 1. The van der Waals surface area contributed by atoms with Crippen LogP contribution in [0.15, 0.2) is 6.07 Å². The first kappa shape index (κ1) is 14.6. The summed E-state index contributed by atoms with van der Waals surface area (Å²) in [5.41, 5.74) is 6.31. The third-order valence-electron chi connectivity index (χ3n) is 3.37. The minimum Gasteiger partial charge on any atom is -0.368 e. The molecule has 1 aliphatic rings. The first-order valence-electron chi connectivity index (χ1n) is 6.90. The van der Waals surface area contributed by atoms with Gasteiger partial charge in [-0.1, -0.05) is 0 Å². The van der Waals surface area contributed by atoms with Crippen LogP contribution in [0.1, 0.15) is 62.6 Å². The lowest BCUT2D eigenvalue weighted by Gasteiger charge is -2.22. The van der Waals surface area contributed by atoms with Gasteiger partial charge in [0.2, 0.25) is 5.91 Å². The van der Waals surface area contributed by atoms with Crippen LogP contribution in [0.2, 0.25) is 0 Å². The molecule has 0 aliphatic heterocycles. The maximum atomic E-state index is 12.3. The summed E-state index contributed by atoms with van der Waals surface area (Å²) in [6.45, 7) is 7.54. The molecule has 20 heavy (non-hydrogen) atoms. The second kappa shape index (κ2) is 4.92. The van der Waals surface area contributed by atoms with E-state index in [-0.39, 0.29) is 11.4 Å². The zero-order valence-corrected chi connectivity index (χ0v) is 12.4. The minimum absolute atomic E-state index is 0.296.